The van der Waals surface area contributed by atoms with E-state index >= 15 is 0 Å². The van der Waals surface area contributed by atoms with Gasteiger partial charge in [-0.3, -0.25) is 5.41 Å². The number of imidazole rings is 1. The zero-order valence-corrected chi connectivity index (χ0v) is 10.3. The van der Waals surface area contributed by atoms with E-state index in [0.29, 0.717) is 12.1 Å². The largest absolute Gasteiger partial charge is 0.384 e. The summed E-state index contributed by atoms with van der Waals surface area (Å²) in [5, 5.41) is 7.57. The Morgan fingerprint density at radius 1 is 1.37 bits per heavy atom. The molecular weight excluding hydrogens is 245 g/mol. The molecule has 0 unspecified atom stereocenters. The first kappa shape index (κ1) is 11.7. The smallest absolute Gasteiger partial charge is 0.128 e. The molecule has 0 bridgehead atoms. The quantitative estimate of drug-likeness (QED) is 0.631. The Labute approximate surface area is 110 Å². The van der Waals surface area contributed by atoms with Crippen LogP contribution in [0.25, 0.3) is 0 Å². The zero-order chi connectivity index (χ0) is 13.4. The number of nitrogen functional groups attached to an aromatic ring is 1. The number of nitrogens with one attached hydrogen (secondary N) is 1. The molecule has 1 aromatic heterocycles. The molecule has 0 radical (unpaired) electrons. The van der Waals surface area contributed by atoms with Crippen LogP contribution in [0.2, 0.25) is 0 Å². The summed E-state index contributed by atoms with van der Waals surface area (Å²) in [6.07, 6.45) is 3.72. The fraction of sp³-hybridized carbons (Fsp3) is 0.231. The Hall–Kier alpha value is -2.37. The highest BCUT2D eigenvalue weighted by atomic mass is 19.1. The summed E-state index contributed by atoms with van der Waals surface area (Å²) >= 11 is 0. The Morgan fingerprint density at radius 2 is 2.21 bits per heavy atom. The third kappa shape index (κ3) is 2.05. The molecule has 19 heavy (non-hydrogen) atoms. The molecule has 0 atom stereocenters. The van der Waals surface area contributed by atoms with Crippen molar-refractivity contribution in [1.29, 1.82) is 5.41 Å². The number of anilines is 1. The third-order valence-electron chi connectivity index (χ3n) is 3.33. The molecule has 0 spiro atoms. The van der Waals surface area contributed by atoms with Gasteiger partial charge in [0.1, 0.15) is 17.5 Å². The minimum atomic E-state index is -0.382. The van der Waals surface area contributed by atoms with E-state index in [1.165, 1.54) is 12.1 Å². The number of nitrogens with zero attached hydrogens (tertiary/aromatic N) is 3. The summed E-state index contributed by atoms with van der Waals surface area (Å²) in [7, 11) is 0. The van der Waals surface area contributed by atoms with E-state index in [1.54, 1.807) is 12.3 Å². The Bertz CT molecular complexity index is 634. The van der Waals surface area contributed by atoms with Crippen LogP contribution in [0.3, 0.4) is 0 Å². The molecule has 3 N–H and O–H groups in total. The SMILES string of the molecule is N=C(N)c1cc(F)ccc1N1CCn2ccnc2C1. The summed E-state index contributed by atoms with van der Waals surface area (Å²) in [6, 6.07) is 4.37. The molecular formula is C13H14FN5. The van der Waals surface area contributed by atoms with Crippen LogP contribution in [0.1, 0.15) is 11.4 Å². The van der Waals surface area contributed by atoms with Crippen molar-refractivity contribution in [2.45, 2.75) is 13.1 Å². The van der Waals surface area contributed by atoms with E-state index in [2.05, 4.69) is 14.5 Å². The van der Waals surface area contributed by atoms with Gasteiger partial charge in [-0.25, -0.2) is 9.37 Å². The predicted octanol–water partition coefficient (Wildman–Crippen LogP) is 1.33. The van der Waals surface area contributed by atoms with Gasteiger partial charge in [0.2, 0.25) is 0 Å². The van der Waals surface area contributed by atoms with E-state index in [9.17, 15) is 4.39 Å². The maximum atomic E-state index is 13.3. The van der Waals surface area contributed by atoms with Crippen LogP contribution in [-0.4, -0.2) is 21.9 Å². The van der Waals surface area contributed by atoms with Gasteiger partial charge < -0.3 is 15.2 Å². The lowest BCUT2D eigenvalue weighted by Crippen LogP contribution is -2.35. The molecule has 3 rings (SSSR count). The summed E-state index contributed by atoms with van der Waals surface area (Å²) in [6.45, 7) is 2.25. The van der Waals surface area contributed by atoms with Crippen LogP contribution in [0.4, 0.5) is 10.1 Å². The van der Waals surface area contributed by atoms with Gasteiger partial charge in [0, 0.05) is 36.7 Å². The van der Waals surface area contributed by atoms with Gasteiger partial charge >= 0.3 is 0 Å². The van der Waals surface area contributed by atoms with Crippen LogP contribution < -0.4 is 10.6 Å². The number of aromatic nitrogens is 2. The van der Waals surface area contributed by atoms with Crippen molar-refractivity contribution >= 4 is 11.5 Å². The topological polar surface area (TPSA) is 70.9 Å². The van der Waals surface area contributed by atoms with Crippen LogP contribution in [0.5, 0.6) is 0 Å². The van der Waals surface area contributed by atoms with Gasteiger partial charge in [-0.1, -0.05) is 0 Å². The van der Waals surface area contributed by atoms with E-state index in [4.69, 9.17) is 11.1 Å². The van der Waals surface area contributed by atoms with Gasteiger partial charge in [0.05, 0.1) is 6.54 Å². The molecule has 5 nitrogen and oxygen atoms in total. The van der Waals surface area contributed by atoms with E-state index < -0.39 is 0 Å². The summed E-state index contributed by atoms with van der Waals surface area (Å²) in [4.78, 5) is 6.35. The lowest BCUT2D eigenvalue weighted by Gasteiger charge is -2.31. The number of nitrogens with two attached hydrogens (primary N) is 1. The number of fused-ring (bicyclic) bond motifs is 1. The maximum absolute atomic E-state index is 13.3. The molecule has 6 heteroatoms. The Balaban J connectivity index is 1.98. The average Bonchev–Trinajstić information content (AvgIpc) is 2.85. The van der Waals surface area contributed by atoms with Crippen molar-refractivity contribution in [3.8, 4) is 0 Å². The minimum absolute atomic E-state index is 0.122. The monoisotopic (exact) mass is 259 g/mol. The molecule has 2 aromatic rings. The fourth-order valence-electron chi connectivity index (χ4n) is 2.38. The second kappa shape index (κ2) is 4.38. The van der Waals surface area contributed by atoms with E-state index in [-0.39, 0.29) is 11.7 Å². The number of hydrogen-bond donors (Lipinski definition) is 2. The Kier molecular flexibility index (Phi) is 2.70. The average molecular weight is 259 g/mol. The van der Waals surface area contributed by atoms with Gasteiger partial charge in [0.25, 0.3) is 0 Å². The van der Waals surface area contributed by atoms with Crippen molar-refractivity contribution in [2.24, 2.45) is 5.73 Å². The van der Waals surface area contributed by atoms with Crippen LogP contribution in [-0.2, 0) is 13.1 Å². The molecule has 1 aliphatic heterocycles. The zero-order valence-electron chi connectivity index (χ0n) is 10.3. The molecule has 98 valence electrons. The summed E-state index contributed by atoms with van der Waals surface area (Å²) in [5.41, 5.74) is 6.75. The number of benzene rings is 1. The lowest BCUT2D eigenvalue weighted by molar-refractivity contribution is 0.559. The van der Waals surface area contributed by atoms with Crippen LogP contribution in [0, 0.1) is 11.2 Å². The molecule has 2 heterocycles. The number of rotatable bonds is 2. The lowest BCUT2D eigenvalue weighted by atomic mass is 10.1. The van der Waals surface area contributed by atoms with Crippen molar-refractivity contribution < 1.29 is 4.39 Å². The second-order valence-corrected chi connectivity index (χ2v) is 4.53. The first-order valence-corrected chi connectivity index (χ1v) is 6.04. The van der Waals surface area contributed by atoms with Gasteiger partial charge in [0.15, 0.2) is 0 Å². The van der Waals surface area contributed by atoms with E-state index in [0.717, 1.165) is 24.6 Å². The highest BCUT2D eigenvalue weighted by Crippen LogP contribution is 2.25. The normalized spacial score (nSPS) is 14.3. The molecule has 0 saturated carbocycles. The van der Waals surface area contributed by atoms with Crippen molar-refractivity contribution in [3.05, 3.63) is 47.8 Å². The number of halogens is 1. The predicted molar refractivity (Wildman–Crippen MR) is 70.7 cm³/mol. The standard InChI is InChI=1S/C13H14FN5/c14-9-1-2-11(10(7-9)13(15)16)19-6-5-18-4-3-17-12(18)8-19/h1-4,7H,5-6,8H2,(H3,15,16). The van der Waals surface area contributed by atoms with Crippen LogP contribution in [0.15, 0.2) is 30.6 Å². The maximum Gasteiger partial charge on any atom is 0.128 e. The first-order chi connectivity index (χ1) is 9.15. The minimum Gasteiger partial charge on any atom is -0.384 e. The highest BCUT2D eigenvalue weighted by Gasteiger charge is 2.20. The van der Waals surface area contributed by atoms with Crippen LogP contribution >= 0.6 is 0 Å². The van der Waals surface area contributed by atoms with Crippen molar-refractivity contribution in [2.75, 3.05) is 11.4 Å². The fourth-order valence-corrected chi connectivity index (χ4v) is 2.38. The summed E-state index contributed by atoms with van der Waals surface area (Å²) < 4.78 is 15.4. The molecule has 0 saturated heterocycles. The molecule has 1 aliphatic rings. The first-order valence-electron chi connectivity index (χ1n) is 6.04. The molecule has 1 aromatic carbocycles. The molecule has 0 aliphatic carbocycles. The highest BCUT2D eigenvalue weighted by molar-refractivity contribution is 6.00. The second-order valence-electron chi connectivity index (χ2n) is 4.53. The van der Waals surface area contributed by atoms with Gasteiger partial charge in [-0.05, 0) is 18.2 Å². The number of hydrogen-bond acceptors (Lipinski definition) is 3. The number of amidine groups is 1. The summed E-state index contributed by atoms with van der Waals surface area (Å²) in [5.74, 6) is 0.459. The molecule has 0 amide bonds. The van der Waals surface area contributed by atoms with Gasteiger partial charge in [-0.15, -0.1) is 0 Å². The van der Waals surface area contributed by atoms with Gasteiger partial charge in [-0.2, -0.15) is 0 Å². The molecule has 0 fully saturated rings. The van der Waals surface area contributed by atoms with E-state index in [1.807, 2.05) is 6.20 Å². The Morgan fingerprint density at radius 3 is 3.00 bits per heavy atom. The van der Waals surface area contributed by atoms with Crippen molar-refractivity contribution in [1.82, 2.24) is 9.55 Å². The third-order valence-corrected chi connectivity index (χ3v) is 3.33. The van der Waals surface area contributed by atoms with Crippen molar-refractivity contribution in [3.63, 3.8) is 0 Å².